The van der Waals surface area contributed by atoms with Crippen LogP contribution >= 0.6 is 11.8 Å². The summed E-state index contributed by atoms with van der Waals surface area (Å²) < 4.78 is 14.2. The van der Waals surface area contributed by atoms with Crippen molar-refractivity contribution in [1.29, 1.82) is 0 Å². The minimum Gasteiger partial charge on any atom is -0.356 e. The molecule has 0 radical (unpaired) electrons. The van der Waals surface area contributed by atoms with Gasteiger partial charge in [-0.25, -0.2) is 4.39 Å². The Balaban J connectivity index is 1.86. The molecular weight excluding hydrogens is 375 g/mol. The van der Waals surface area contributed by atoms with Crippen LogP contribution in [0.1, 0.15) is 32.3 Å². The molecule has 3 rings (SSSR count). The molecule has 0 aliphatic carbocycles. The van der Waals surface area contributed by atoms with E-state index in [1.807, 2.05) is 24.3 Å². The summed E-state index contributed by atoms with van der Waals surface area (Å²) in [6.45, 7) is 4.60. The van der Waals surface area contributed by atoms with Crippen LogP contribution in [0, 0.1) is 11.7 Å². The van der Waals surface area contributed by atoms with Crippen molar-refractivity contribution in [2.75, 3.05) is 11.4 Å². The molecule has 2 unspecified atom stereocenters. The number of fused-ring (bicyclic) bond motifs is 1. The fourth-order valence-corrected chi connectivity index (χ4v) is 4.49. The molecule has 0 aromatic heterocycles. The maximum Gasteiger partial charge on any atom is 0.241 e. The van der Waals surface area contributed by atoms with Gasteiger partial charge in [0.2, 0.25) is 11.8 Å². The van der Waals surface area contributed by atoms with Gasteiger partial charge in [-0.2, -0.15) is 0 Å². The number of hydrogen-bond acceptors (Lipinski definition) is 3. The molecule has 1 aliphatic heterocycles. The number of halogens is 1. The van der Waals surface area contributed by atoms with Crippen LogP contribution in [0.2, 0.25) is 0 Å². The zero-order valence-electron chi connectivity index (χ0n) is 16.2. The van der Waals surface area contributed by atoms with Gasteiger partial charge in [-0.05, 0) is 24.6 Å². The zero-order chi connectivity index (χ0) is 20.1. The Morgan fingerprint density at radius 3 is 2.68 bits per heavy atom. The van der Waals surface area contributed by atoms with Crippen LogP contribution in [-0.2, 0) is 16.1 Å². The Morgan fingerprint density at radius 1 is 1.21 bits per heavy atom. The number of unbranched alkanes of at least 4 members (excludes halogenated alkanes) is 1. The molecule has 0 spiro atoms. The second-order valence-electron chi connectivity index (χ2n) is 6.96. The van der Waals surface area contributed by atoms with Crippen molar-refractivity contribution in [3.63, 3.8) is 0 Å². The standard InChI is InChI=1S/C22H25FN2O2S/c1-3-4-13-24-21(26)15(2)20-22(27)25(14-16-9-5-6-10-17(16)23)18-11-7-8-12-19(18)28-20/h5-12,15,20H,3-4,13-14H2,1-2H3,(H,24,26). The number of amides is 2. The minimum absolute atomic E-state index is 0.121. The highest BCUT2D eigenvalue weighted by Gasteiger charge is 2.39. The molecule has 0 saturated carbocycles. The number of rotatable bonds is 7. The van der Waals surface area contributed by atoms with Gasteiger partial charge in [-0.15, -0.1) is 11.8 Å². The van der Waals surface area contributed by atoms with Crippen molar-refractivity contribution in [2.24, 2.45) is 5.92 Å². The molecule has 0 bridgehead atoms. The third-order valence-corrected chi connectivity index (χ3v) is 6.37. The van der Waals surface area contributed by atoms with E-state index in [2.05, 4.69) is 12.2 Å². The van der Waals surface area contributed by atoms with E-state index < -0.39 is 11.2 Å². The van der Waals surface area contributed by atoms with E-state index in [9.17, 15) is 14.0 Å². The lowest BCUT2D eigenvalue weighted by molar-refractivity contribution is -0.128. The van der Waals surface area contributed by atoms with Crippen molar-refractivity contribution in [3.05, 3.63) is 59.9 Å². The van der Waals surface area contributed by atoms with Crippen LogP contribution in [-0.4, -0.2) is 23.6 Å². The van der Waals surface area contributed by atoms with Crippen LogP contribution in [0.25, 0.3) is 0 Å². The van der Waals surface area contributed by atoms with Gasteiger partial charge in [0.25, 0.3) is 0 Å². The molecule has 1 N–H and O–H groups in total. The predicted molar refractivity (Wildman–Crippen MR) is 111 cm³/mol. The maximum atomic E-state index is 14.2. The SMILES string of the molecule is CCCCNC(=O)C(C)C1Sc2ccccc2N(Cc2ccccc2F)C1=O. The second kappa shape index (κ2) is 9.24. The summed E-state index contributed by atoms with van der Waals surface area (Å²) in [5, 5.41) is 2.38. The number of carbonyl (C=O) groups excluding carboxylic acids is 2. The fraction of sp³-hybridized carbons (Fsp3) is 0.364. The molecule has 2 atom stereocenters. The summed E-state index contributed by atoms with van der Waals surface area (Å²) in [6, 6.07) is 14.0. The maximum absolute atomic E-state index is 14.2. The molecule has 6 heteroatoms. The molecule has 2 amide bonds. The number of hydrogen-bond donors (Lipinski definition) is 1. The van der Waals surface area contributed by atoms with Gasteiger partial charge in [0.05, 0.1) is 18.2 Å². The molecule has 2 aromatic rings. The number of thioether (sulfide) groups is 1. The number of nitrogens with zero attached hydrogens (tertiary/aromatic N) is 1. The van der Waals surface area contributed by atoms with Gasteiger partial charge in [-0.3, -0.25) is 9.59 Å². The van der Waals surface area contributed by atoms with Gasteiger partial charge >= 0.3 is 0 Å². The molecular formula is C22H25FN2O2S. The van der Waals surface area contributed by atoms with E-state index in [0.29, 0.717) is 12.1 Å². The molecule has 1 aliphatic rings. The third kappa shape index (κ3) is 4.38. The monoisotopic (exact) mass is 400 g/mol. The van der Waals surface area contributed by atoms with Gasteiger partial charge in [0.15, 0.2) is 0 Å². The number of anilines is 1. The van der Waals surface area contributed by atoms with E-state index in [1.165, 1.54) is 17.8 Å². The van der Waals surface area contributed by atoms with Crippen molar-refractivity contribution >= 4 is 29.3 Å². The number of carbonyl (C=O) groups is 2. The summed E-state index contributed by atoms with van der Waals surface area (Å²) >= 11 is 1.41. The molecule has 28 heavy (non-hydrogen) atoms. The van der Waals surface area contributed by atoms with Crippen molar-refractivity contribution in [1.82, 2.24) is 5.32 Å². The van der Waals surface area contributed by atoms with Crippen LogP contribution in [0.3, 0.4) is 0 Å². The molecule has 4 nitrogen and oxygen atoms in total. The summed E-state index contributed by atoms with van der Waals surface area (Å²) in [4.78, 5) is 28.4. The predicted octanol–water partition coefficient (Wildman–Crippen LogP) is 4.39. The number of para-hydroxylation sites is 1. The van der Waals surface area contributed by atoms with E-state index >= 15 is 0 Å². The van der Waals surface area contributed by atoms with Gasteiger partial charge in [0.1, 0.15) is 11.1 Å². The first-order chi connectivity index (χ1) is 13.5. The van der Waals surface area contributed by atoms with Crippen LogP contribution in [0.15, 0.2) is 53.4 Å². The Morgan fingerprint density at radius 2 is 1.93 bits per heavy atom. The molecule has 0 fully saturated rings. The Kier molecular flexibility index (Phi) is 6.73. The average Bonchev–Trinajstić information content (AvgIpc) is 2.71. The minimum atomic E-state index is -0.539. The van der Waals surface area contributed by atoms with Crippen molar-refractivity contribution < 1.29 is 14.0 Å². The largest absolute Gasteiger partial charge is 0.356 e. The Bertz CT molecular complexity index is 858. The van der Waals surface area contributed by atoms with Gasteiger partial charge < -0.3 is 10.2 Å². The smallest absolute Gasteiger partial charge is 0.241 e. The van der Waals surface area contributed by atoms with E-state index in [1.54, 1.807) is 30.0 Å². The summed E-state index contributed by atoms with van der Waals surface area (Å²) in [5.74, 6) is -1.10. The normalized spacial score (nSPS) is 17.2. The van der Waals surface area contributed by atoms with Crippen LogP contribution in [0.5, 0.6) is 0 Å². The van der Waals surface area contributed by atoms with Crippen molar-refractivity contribution in [3.8, 4) is 0 Å². The first kappa shape index (κ1) is 20.4. The Hall–Kier alpha value is -2.34. The van der Waals surface area contributed by atoms with Crippen LogP contribution in [0.4, 0.5) is 10.1 Å². The lowest BCUT2D eigenvalue weighted by Gasteiger charge is -2.35. The summed E-state index contributed by atoms with van der Waals surface area (Å²) in [6.07, 6.45) is 1.90. The Labute approximate surface area is 169 Å². The first-order valence-electron chi connectivity index (χ1n) is 9.61. The first-order valence-corrected chi connectivity index (χ1v) is 10.5. The van der Waals surface area contributed by atoms with Crippen molar-refractivity contribution in [2.45, 2.75) is 43.4 Å². The molecule has 0 saturated heterocycles. The highest BCUT2D eigenvalue weighted by Crippen LogP contribution is 2.42. The highest BCUT2D eigenvalue weighted by atomic mass is 32.2. The topological polar surface area (TPSA) is 49.4 Å². The highest BCUT2D eigenvalue weighted by molar-refractivity contribution is 8.01. The van der Waals surface area contributed by atoms with Gasteiger partial charge in [0, 0.05) is 17.0 Å². The number of nitrogens with one attached hydrogen (secondary N) is 1. The van der Waals surface area contributed by atoms with Gasteiger partial charge in [-0.1, -0.05) is 50.6 Å². The average molecular weight is 401 g/mol. The fourth-order valence-electron chi connectivity index (χ4n) is 3.20. The number of benzene rings is 2. The quantitative estimate of drug-likeness (QED) is 0.702. The summed E-state index contributed by atoms with van der Waals surface area (Å²) in [7, 11) is 0. The molecule has 148 valence electrons. The lowest BCUT2D eigenvalue weighted by atomic mass is 10.0. The lowest BCUT2D eigenvalue weighted by Crippen LogP contribution is -2.47. The van der Waals surface area contributed by atoms with E-state index in [0.717, 1.165) is 23.4 Å². The molecule has 1 heterocycles. The molecule has 2 aromatic carbocycles. The van der Waals surface area contributed by atoms with E-state index in [-0.39, 0.29) is 24.2 Å². The second-order valence-corrected chi connectivity index (χ2v) is 8.14. The van der Waals surface area contributed by atoms with E-state index in [4.69, 9.17) is 0 Å². The summed E-state index contributed by atoms with van der Waals surface area (Å²) in [5.41, 5.74) is 1.21. The third-order valence-electron chi connectivity index (χ3n) is 4.90. The van der Waals surface area contributed by atoms with Crippen LogP contribution < -0.4 is 10.2 Å². The zero-order valence-corrected chi connectivity index (χ0v) is 17.0.